The van der Waals surface area contributed by atoms with Crippen molar-refractivity contribution in [2.24, 2.45) is 0 Å². The molecule has 0 unspecified atom stereocenters. The molecule has 1 amide bonds. The SMILES string of the molecule is CCCCCC/C=C/C(=O)N(C)CCCS(=O)(=O)[O-].[Na+]. The first-order chi connectivity index (χ1) is 8.87. The van der Waals surface area contributed by atoms with E-state index in [-0.39, 0.29) is 48.4 Å². The van der Waals surface area contributed by atoms with Gasteiger partial charge in [0.15, 0.2) is 0 Å². The van der Waals surface area contributed by atoms with Crippen LogP contribution >= 0.6 is 0 Å². The summed E-state index contributed by atoms with van der Waals surface area (Å²) in [7, 11) is -2.58. The molecule has 5 nitrogen and oxygen atoms in total. The van der Waals surface area contributed by atoms with Gasteiger partial charge in [0.1, 0.15) is 0 Å². The Balaban J connectivity index is 0. The summed E-state index contributed by atoms with van der Waals surface area (Å²) in [6, 6.07) is 0. The molecule has 0 aliphatic carbocycles. The van der Waals surface area contributed by atoms with Gasteiger partial charge in [-0.1, -0.05) is 32.3 Å². The Hall–Kier alpha value is 0.120. The summed E-state index contributed by atoms with van der Waals surface area (Å²) in [6.07, 6.45) is 9.07. The molecule has 0 bridgehead atoms. The molecule has 0 aromatic rings. The zero-order valence-corrected chi connectivity index (χ0v) is 15.6. The first-order valence-corrected chi connectivity index (χ1v) is 8.29. The Morgan fingerprint density at radius 2 is 1.85 bits per heavy atom. The fraction of sp³-hybridized carbons (Fsp3) is 0.769. The number of rotatable bonds is 10. The molecule has 0 fully saturated rings. The number of amides is 1. The molecular formula is C13H24NNaO4S. The Bertz CT molecular complexity index is 382. The second kappa shape index (κ2) is 12.8. The molecule has 0 heterocycles. The molecule has 0 radical (unpaired) electrons. The number of carbonyl (C=O) groups excluding carboxylic acids is 1. The molecule has 20 heavy (non-hydrogen) atoms. The number of unbranched alkanes of at least 4 members (excludes halogenated alkanes) is 4. The number of likely N-dealkylation sites (N-methyl/N-ethyl adjacent to an activating group) is 1. The number of nitrogens with zero attached hydrogens (tertiary/aromatic N) is 1. The van der Waals surface area contributed by atoms with Crippen molar-refractivity contribution in [2.75, 3.05) is 19.3 Å². The van der Waals surface area contributed by atoms with E-state index < -0.39 is 15.9 Å². The van der Waals surface area contributed by atoms with Crippen LogP contribution in [-0.4, -0.2) is 43.1 Å². The Labute approximate surface area is 144 Å². The summed E-state index contributed by atoms with van der Waals surface area (Å²) < 4.78 is 31.2. The van der Waals surface area contributed by atoms with Crippen molar-refractivity contribution < 1.29 is 47.3 Å². The Morgan fingerprint density at radius 1 is 1.20 bits per heavy atom. The van der Waals surface area contributed by atoms with E-state index in [0.717, 1.165) is 12.8 Å². The van der Waals surface area contributed by atoms with E-state index in [4.69, 9.17) is 0 Å². The van der Waals surface area contributed by atoms with Crippen molar-refractivity contribution in [3.8, 4) is 0 Å². The number of hydrogen-bond acceptors (Lipinski definition) is 4. The van der Waals surface area contributed by atoms with Gasteiger partial charge in [0.25, 0.3) is 0 Å². The summed E-state index contributed by atoms with van der Waals surface area (Å²) in [5.74, 6) is -0.579. The molecule has 112 valence electrons. The minimum absolute atomic E-state index is 0. The molecular weight excluding hydrogens is 289 g/mol. The van der Waals surface area contributed by atoms with Gasteiger partial charge in [-0.05, 0) is 25.3 Å². The minimum Gasteiger partial charge on any atom is -0.748 e. The summed E-state index contributed by atoms with van der Waals surface area (Å²) in [4.78, 5) is 13.0. The Kier molecular flexibility index (Phi) is 14.4. The molecule has 0 saturated heterocycles. The fourth-order valence-corrected chi connectivity index (χ4v) is 2.07. The standard InChI is InChI=1S/C13H25NO4S.Na/c1-3-4-5-6-7-8-10-13(15)14(2)11-9-12-19(16,17)18;/h8,10H,3-7,9,11-12H2,1-2H3,(H,16,17,18);/q;+1/p-1/b10-8+;. The summed E-state index contributed by atoms with van der Waals surface area (Å²) in [6.45, 7) is 2.43. The molecule has 0 saturated carbocycles. The van der Waals surface area contributed by atoms with Crippen molar-refractivity contribution in [1.29, 1.82) is 0 Å². The van der Waals surface area contributed by atoms with E-state index in [1.807, 2.05) is 6.08 Å². The van der Waals surface area contributed by atoms with E-state index in [2.05, 4.69) is 6.92 Å². The zero-order valence-electron chi connectivity index (χ0n) is 12.8. The van der Waals surface area contributed by atoms with Gasteiger partial charge in [0, 0.05) is 19.3 Å². The maximum absolute atomic E-state index is 11.6. The smallest absolute Gasteiger partial charge is 0.748 e. The predicted octanol–water partition coefficient (Wildman–Crippen LogP) is -1.09. The first kappa shape index (κ1) is 22.4. The van der Waals surface area contributed by atoms with Gasteiger partial charge in [0.2, 0.25) is 5.91 Å². The largest absolute Gasteiger partial charge is 1.00 e. The van der Waals surface area contributed by atoms with Crippen LogP contribution in [0.15, 0.2) is 12.2 Å². The van der Waals surface area contributed by atoms with Crippen molar-refractivity contribution in [3.63, 3.8) is 0 Å². The maximum atomic E-state index is 11.6. The van der Waals surface area contributed by atoms with Crippen LogP contribution in [0.5, 0.6) is 0 Å². The number of carbonyl (C=O) groups is 1. The summed E-state index contributed by atoms with van der Waals surface area (Å²) >= 11 is 0. The second-order valence-corrected chi connectivity index (χ2v) is 6.15. The van der Waals surface area contributed by atoms with Crippen molar-refractivity contribution in [1.82, 2.24) is 4.90 Å². The van der Waals surface area contributed by atoms with Gasteiger partial charge in [-0.15, -0.1) is 0 Å². The molecule has 0 N–H and O–H groups in total. The average molecular weight is 313 g/mol. The van der Waals surface area contributed by atoms with Gasteiger partial charge in [-0.25, -0.2) is 8.42 Å². The fourth-order valence-electron chi connectivity index (χ4n) is 1.59. The monoisotopic (exact) mass is 313 g/mol. The van der Waals surface area contributed by atoms with Crippen LogP contribution < -0.4 is 29.6 Å². The molecule has 0 aliphatic heterocycles. The van der Waals surface area contributed by atoms with Crippen LogP contribution in [0, 0.1) is 0 Å². The second-order valence-electron chi connectivity index (χ2n) is 4.63. The van der Waals surface area contributed by atoms with Crippen LogP contribution in [0.4, 0.5) is 0 Å². The minimum atomic E-state index is -4.18. The number of allylic oxidation sites excluding steroid dienone is 1. The third-order valence-corrected chi connectivity index (χ3v) is 3.54. The van der Waals surface area contributed by atoms with E-state index >= 15 is 0 Å². The van der Waals surface area contributed by atoms with Crippen molar-refractivity contribution in [3.05, 3.63) is 12.2 Å². The third-order valence-electron chi connectivity index (χ3n) is 2.75. The first-order valence-electron chi connectivity index (χ1n) is 6.72. The van der Waals surface area contributed by atoms with Gasteiger partial charge >= 0.3 is 29.6 Å². The molecule has 0 spiro atoms. The average Bonchev–Trinajstić information content (AvgIpc) is 2.31. The zero-order chi connectivity index (χ0) is 14.7. The van der Waals surface area contributed by atoms with E-state index in [1.165, 1.54) is 30.2 Å². The molecule has 0 aliphatic rings. The van der Waals surface area contributed by atoms with Gasteiger partial charge in [-0.2, -0.15) is 0 Å². The van der Waals surface area contributed by atoms with Crippen LogP contribution in [-0.2, 0) is 14.9 Å². The van der Waals surface area contributed by atoms with Crippen LogP contribution in [0.2, 0.25) is 0 Å². The molecule has 0 aromatic heterocycles. The molecule has 0 atom stereocenters. The van der Waals surface area contributed by atoms with E-state index in [9.17, 15) is 17.8 Å². The summed E-state index contributed by atoms with van der Waals surface area (Å²) in [5.41, 5.74) is 0. The van der Waals surface area contributed by atoms with Gasteiger partial charge in [-0.3, -0.25) is 4.79 Å². The molecule has 0 rings (SSSR count). The number of hydrogen-bond donors (Lipinski definition) is 0. The van der Waals surface area contributed by atoms with Gasteiger partial charge in [0.05, 0.1) is 10.1 Å². The third kappa shape index (κ3) is 14.5. The molecule has 0 aromatic carbocycles. The normalized spacial score (nSPS) is 11.3. The summed E-state index contributed by atoms with van der Waals surface area (Å²) in [5, 5.41) is 0. The quantitative estimate of drug-likeness (QED) is 0.222. The van der Waals surface area contributed by atoms with Crippen molar-refractivity contribution in [2.45, 2.75) is 45.4 Å². The van der Waals surface area contributed by atoms with Crippen molar-refractivity contribution >= 4 is 16.0 Å². The topological polar surface area (TPSA) is 77.5 Å². The Morgan fingerprint density at radius 3 is 2.40 bits per heavy atom. The van der Waals surface area contributed by atoms with Crippen LogP contribution in [0.3, 0.4) is 0 Å². The van der Waals surface area contributed by atoms with E-state index in [0.29, 0.717) is 0 Å². The maximum Gasteiger partial charge on any atom is 1.00 e. The predicted molar refractivity (Wildman–Crippen MR) is 74.7 cm³/mol. The van der Waals surface area contributed by atoms with E-state index in [1.54, 1.807) is 7.05 Å². The van der Waals surface area contributed by atoms with Gasteiger partial charge < -0.3 is 9.45 Å². The van der Waals surface area contributed by atoms with Crippen LogP contribution in [0.25, 0.3) is 0 Å². The van der Waals surface area contributed by atoms with Crippen LogP contribution in [0.1, 0.15) is 45.4 Å². The molecule has 7 heteroatoms.